The smallest absolute Gasteiger partial charge is 0.226 e. The zero-order valence-electron chi connectivity index (χ0n) is 13.3. The zero-order chi connectivity index (χ0) is 15.0. The fourth-order valence-electron chi connectivity index (χ4n) is 3.79. The summed E-state index contributed by atoms with van der Waals surface area (Å²) >= 11 is 5.50. The lowest BCUT2D eigenvalue weighted by Gasteiger charge is -2.42. The first kappa shape index (κ1) is 15.0. The lowest BCUT2D eigenvalue weighted by molar-refractivity contribution is -0.0756. The van der Waals surface area contributed by atoms with E-state index in [1.54, 1.807) is 0 Å². The number of hydrogen-bond donors (Lipinski definition) is 1. The number of ether oxygens (including phenoxy) is 1. The molecule has 6 heteroatoms. The molecule has 21 heavy (non-hydrogen) atoms. The van der Waals surface area contributed by atoms with Crippen LogP contribution in [0.2, 0.25) is 0 Å². The van der Waals surface area contributed by atoms with Gasteiger partial charge in [-0.3, -0.25) is 4.57 Å². The van der Waals surface area contributed by atoms with Crippen LogP contribution in [-0.4, -0.2) is 39.6 Å². The molecule has 2 aliphatic rings. The van der Waals surface area contributed by atoms with Gasteiger partial charge in [-0.1, -0.05) is 19.3 Å². The number of morpholine rings is 1. The first-order chi connectivity index (χ1) is 9.96. The van der Waals surface area contributed by atoms with E-state index in [0.29, 0.717) is 6.04 Å². The molecule has 1 saturated carbocycles. The number of H-pyrrole nitrogens is 1. The lowest BCUT2D eigenvalue weighted by atomic mass is 9.95. The number of anilines is 1. The molecule has 5 nitrogen and oxygen atoms in total. The number of rotatable bonds is 2. The van der Waals surface area contributed by atoms with Gasteiger partial charge in [0.25, 0.3) is 0 Å². The van der Waals surface area contributed by atoms with E-state index in [0.717, 1.165) is 23.8 Å². The quantitative estimate of drug-likeness (QED) is 0.850. The van der Waals surface area contributed by atoms with E-state index >= 15 is 0 Å². The minimum Gasteiger partial charge on any atom is -0.369 e. The van der Waals surface area contributed by atoms with Gasteiger partial charge in [-0.25, -0.2) is 5.10 Å². The summed E-state index contributed by atoms with van der Waals surface area (Å²) in [6, 6.07) is 0.501. The first-order valence-electron chi connectivity index (χ1n) is 8.06. The van der Waals surface area contributed by atoms with Gasteiger partial charge in [0, 0.05) is 19.1 Å². The first-order valence-corrected chi connectivity index (χ1v) is 8.47. The summed E-state index contributed by atoms with van der Waals surface area (Å²) < 4.78 is 9.01. The number of nitrogens with one attached hydrogen (secondary N) is 1. The maximum absolute atomic E-state index is 6.00. The van der Waals surface area contributed by atoms with Crippen molar-refractivity contribution in [2.24, 2.45) is 0 Å². The summed E-state index contributed by atoms with van der Waals surface area (Å²) in [7, 11) is 0. The Bertz CT molecular complexity index is 544. The second-order valence-electron chi connectivity index (χ2n) is 7.06. The summed E-state index contributed by atoms with van der Waals surface area (Å²) in [5.74, 6) is 0.995. The number of aromatic nitrogens is 3. The predicted octanol–water partition coefficient (Wildman–Crippen LogP) is 3.45. The molecule has 1 saturated heterocycles. The van der Waals surface area contributed by atoms with Crippen LogP contribution in [0.5, 0.6) is 0 Å². The highest BCUT2D eigenvalue weighted by molar-refractivity contribution is 7.71. The van der Waals surface area contributed by atoms with Crippen molar-refractivity contribution in [3.05, 3.63) is 4.77 Å². The van der Waals surface area contributed by atoms with Crippen molar-refractivity contribution in [2.45, 2.75) is 70.6 Å². The van der Waals surface area contributed by atoms with E-state index in [9.17, 15) is 0 Å². The predicted molar refractivity (Wildman–Crippen MR) is 86.4 cm³/mol. The van der Waals surface area contributed by atoms with Crippen LogP contribution in [0.4, 0.5) is 5.95 Å². The van der Waals surface area contributed by atoms with Gasteiger partial charge < -0.3 is 9.64 Å². The summed E-state index contributed by atoms with van der Waals surface area (Å²) in [5.41, 5.74) is -0.150. The van der Waals surface area contributed by atoms with Crippen LogP contribution >= 0.6 is 12.2 Å². The van der Waals surface area contributed by atoms with Gasteiger partial charge in [0.05, 0.1) is 11.7 Å². The topological polar surface area (TPSA) is 46.1 Å². The van der Waals surface area contributed by atoms with Crippen molar-refractivity contribution in [3.63, 3.8) is 0 Å². The summed E-state index contributed by atoms with van der Waals surface area (Å²) in [6.45, 7) is 8.13. The summed E-state index contributed by atoms with van der Waals surface area (Å²) in [6.07, 6.45) is 6.57. The Morgan fingerprint density at radius 2 is 2.00 bits per heavy atom. The van der Waals surface area contributed by atoms with Gasteiger partial charge in [-0.15, -0.1) is 5.10 Å². The van der Waals surface area contributed by atoms with Crippen molar-refractivity contribution in [1.29, 1.82) is 0 Å². The molecular formula is C15H26N4OS. The second kappa shape index (κ2) is 5.72. The molecule has 0 spiro atoms. The minimum absolute atomic E-state index is 0.150. The van der Waals surface area contributed by atoms with Crippen molar-refractivity contribution in [2.75, 3.05) is 18.0 Å². The molecule has 1 aromatic heterocycles. The molecule has 1 aliphatic heterocycles. The normalized spacial score (nSPS) is 27.0. The van der Waals surface area contributed by atoms with Gasteiger partial charge in [0.2, 0.25) is 5.95 Å². The maximum atomic E-state index is 6.00. The SMILES string of the molecule is CC1CN(c2n[nH]c(=S)n2C2CCCCC2)CC(C)(C)O1. The molecule has 1 atom stereocenters. The Labute approximate surface area is 131 Å². The van der Waals surface area contributed by atoms with E-state index in [2.05, 4.69) is 40.4 Å². The second-order valence-corrected chi connectivity index (χ2v) is 7.45. The summed E-state index contributed by atoms with van der Waals surface area (Å²) in [5, 5.41) is 7.54. The molecule has 1 N–H and O–H groups in total. The van der Waals surface area contributed by atoms with E-state index in [1.165, 1.54) is 32.1 Å². The molecule has 2 heterocycles. The molecule has 3 rings (SSSR count). The fraction of sp³-hybridized carbons (Fsp3) is 0.867. The third-order valence-corrected chi connectivity index (χ3v) is 4.77. The van der Waals surface area contributed by atoms with Gasteiger partial charge in [0.15, 0.2) is 4.77 Å². The van der Waals surface area contributed by atoms with Crippen LogP contribution in [0.1, 0.15) is 58.9 Å². The Kier molecular flexibility index (Phi) is 4.10. The van der Waals surface area contributed by atoms with Crippen molar-refractivity contribution in [1.82, 2.24) is 14.8 Å². The zero-order valence-corrected chi connectivity index (χ0v) is 14.1. The molecule has 1 aliphatic carbocycles. The van der Waals surface area contributed by atoms with Gasteiger partial charge >= 0.3 is 0 Å². The Hall–Kier alpha value is -0.880. The monoisotopic (exact) mass is 310 g/mol. The third-order valence-electron chi connectivity index (χ3n) is 4.48. The van der Waals surface area contributed by atoms with E-state index in [1.807, 2.05) is 0 Å². The van der Waals surface area contributed by atoms with Crippen molar-refractivity contribution in [3.8, 4) is 0 Å². The highest BCUT2D eigenvalue weighted by Crippen LogP contribution is 2.33. The van der Waals surface area contributed by atoms with Gasteiger partial charge in [-0.05, 0) is 45.8 Å². The largest absolute Gasteiger partial charge is 0.369 e. The Balaban J connectivity index is 1.90. The number of hydrogen-bond acceptors (Lipinski definition) is 4. The van der Waals surface area contributed by atoms with Crippen LogP contribution in [0.15, 0.2) is 0 Å². The van der Waals surface area contributed by atoms with Gasteiger partial charge in [-0.2, -0.15) is 0 Å². The Morgan fingerprint density at radius 3 is 2.67 bits per heavy atom. The minimum atomic E-state index is -0.150. The van der Waals surface area contributed by atoms with Crippen LogP contribution in [0.25, 0.3) is 0 Å². The average Bonchev–Trinajstić information content (AvgIpc) is 2.79. The highest BCUT2D eigenvalue weighted by atomic mass is 32.1. The van der Waals surface area contributed by atoms with Crippen molar-refractivity contribution >= 4 is 18.2 Å². The molecular weight excluding hydrogens is 284 g/mol. The molecule has 2 fully saturated rings. The number of aromatic amines is 1. The van der Waals surface area contributed by atoms with Crippen LogP contribution in [0.3, 0.4) is 0 Å². The molecule has 0 amide bonds. The molecule has 118 valence electrons. The highest BCUT2D eigenvalue weighted by Gasteiger charge is 2.34. The maximum Gasteiger partial charge on any atom is 0.226 e. The summed E-state index contributed by atoms with van der Waals surface area (Å²) in [4.78, 5) is 2.33. The standard InChI is InChI=1S/C15H26N4OS/c1-11-9-18(10-15(2,3)20-11)13-16-17-14(21)19(13)12-7-5-4-6-8-12/h11-12H,4-10H2,1-3H3,(H,17,21). The molecule has 0 aromatic carbocycles. The lowest BCUT2D eigenvalue weighted by Crippen LogP contribution is -2.52. The fourth-order valence-corrected chi connectivity index (χ4v) is 4.07. The van der Waals surface area contributed by atoms with Gasteiger partial charge in [0.1, 0.15) is 0 Å². The van der Waals surface area contributed by atoms with Crippen LogP contribution < -0.4 is 4.90 Å². The third kappa shape index (κ3) is 3.16. The molecule has 1 unspecified atom stereocenters. The van der Waals surface area contributed by atoms with Crippen LogP contribution in [-0.2, 0) is 4.74 Å². The van der Waals surface area contributed by atoms with Crippen molar-refractivity contribution < 1.29 is 4.74 Å². The van der Waals surface area contributed by atoms with Crippen LogP contribution in [0, 0.1) is 4.77 Å². The average molecular weight is 310 g/mol. The molecule has 0 radical (unpaired) electrons. The molecule has 1 aromatic rings. The van der Waals surface area contributed by atoms with E-state index in [-0.39, 0.29) is 11.7 Å². The molecule has 0 bridgehead atoms. The number of nitrogens with zero attached hydrogens (tertiary/aromatic N) is 3. The Morgan fingerprint density at radius 1 is 1.29 bits per heavy atom. The van der Waals surface area contributed by atoms with E-state index < -0.39 is 0 Å². The van der Waals surface area contributed by atoms with E-state index in [4.69, 9.17) is 17.0 Å².